The lowest BCUT2D eigenvalue weighted by atomic mass is 10.1. The van der Waals surface area contributed by atoms with Crippen molar-refractivity contribution in [2.45, 2.75) is 13.8 Å². The smallest absolute Gasteiger partial charge is 0.160 e. The van der Waals surface area contributed by atoms with Crippen molar-refractivity contribution >= 4 is 43.5 Å². The van der Waals surface area contributed by atoms with E-state index < -0.39 is 0 Å². The molecule has 0 saturated heterocycles. The molecule has 0 radical (unpaired) electrons. The molecule has 2 nitrogen and oxygen atoms in total. The molecule has 0 saturated carbocycles. The summed E-state index contributed by atoms with van der Waals surface area (Å²) < 4.78 is 1.82. The quantitative estimate of drug-likeness (QED) is 0.659. The number of hydrogen-bond acceptors (Lipinski definition) is 2. The molecule has 88 valence electrons. The third-order valence-electron chi connectivity index (χ3n) is 2.40. The van der Waals surface area contributed by atoms with Crippen LogP contribution in [0.15, 0.2) is 27.3 Å². The summed E-state index contributed by atoms with van der Waals surface area (Å²) in [5, 5.41) is 0.424. The van der Waals surface area contributed by atoms with Gasteiger partial charge in [0.15, 0.2) is 5.82 Å². The van der Waals surface area contributed by atoms with E-state index in [0.717, 1.165) is 21.2 Å². The maximum atomic E-state index is 5.97. The molecule has 0 N–H and O–H groups in total. The molecule has 2 aromatic rings. The van der Waals surface area contributed by atoms with Gasteiger partial charge in [-0.05, 0) is 53.0 Å². The van der Waals surface area contributed by atoms with E-state index in [-0.39, 0.29) is 0 Å². The van der Waals surface area contributed by atoms with Crippen LogP contribution in [0.25, 0.3) is 11.4 Å². The van der Waals surface area contributed by atoms with Gasteiger partial charge in [0.2, 0.25) is 0 Å². The van der Waals surface area contributed by atoms with Crippen LogP contribution in [0.4, 0.5) is 0 Å². The zero-order chi connectivity index (χ0) is 12.6. The molecule has 1 aromatic carbocycles. The lowest BCUT2D eigenvalue weighted by Crippen LogP contribution is -1.92. The highest BCUT2D eigenvalue weighted by molar-refractivity contribution is 9.10. The lowest BCUT2D eigenvalue weighted by Gasteiger charge is -2.07. The molecule has 1 heterocycles. The topological polar surface area (TPSA) is 25.8 Å². The van der Waals surface area contributed by atoms with Gasteiger partial charge in [-0.1, -0.05) is 27.5 Å². The Bertz CT molecular complexity index is 562. The van der Waals surface area contributed by atoms with Gasteiger partial charge in [0.25, 0.3) is 0 Å². The molecule has 0 bridgehead atoms. The average molecular weight is 376 g/mol. The summed E-state index contributed by atoms with van der Waals surface area (Å²) in [6.07, 6.45) is 1.66. The summed E-state index contributed by atoms with van der Waals surface area (Å²) in [4.78, 5) is 8.51. The highest BCUT2D eigenvalue weighted by Gasteiger charge is 2.08. The van der Waals surface area contributed by atoms with E-state index in [4.69, 9.17) is 11.6 Å². The predicted octanol–water partition coefficient (Wildman–Crippen LogP) is 4.94. The molecular formula is C12H9Br2ClN2. The molecule has 0 fully saturated rings. The largest absolute Gasteiger partial charge is 0.235 e. The summed E-state index contributed by atoms with van der Waals surface area (Å²) in [5.41, 5.74) is 3.28. The predicted molar refractivity (Wildman–Crippen MR) is 77.4 cm³/mol. The highest BCUT2D eigenvalue weighted by Crippen LogP contribution is 2.28. The molecule has 17 heavy (non-hydrogen) atoms. The Kier molecular flexibility index (Phi) is 3.85. The first-order valence-electron chi connectivity index (χ1n) is 4.94. The molecule has 0 aliphatic carbocycles. The minimum Gasteiger partial charge on any atom is -0.235 e. The van der Waals surface area contributed by atoms with Crippen LogP contribution in [0.5, 0.6) is 0 Å². The van der Waals surface area contributed by atoms with Crippen molar-refractivity contribution in [3.8, 4) is 11.4 Å². The summed E-state index contributed by atoms with van der Waals surface area (Å²) in [6, 6.07) is 4.08. The van der Waals surface area contributed by atoms with Crippen molar-refractivity contribution in [1.29, 1.82) is 0 Å². The third kappa shape index (κ3) is 2.69. The van der Waals surface area contributed by atoms with E-state index >= 15 is 0 Å². The Labute approximate surface area is 122 Å². The molecule has 0 unspecified atom stereocenters. The first-order chi connectivity index (χ1) is 7.99. The average Bonchev–Trinajstić information content (AvgIpc) is 2.29. The summed E-state index contributed by atoms with van der Waals surface area (Å²) >= 11 is 12.8. The Morgan fingerprint density at radius 3 is 2.24 bits per heavy atom. The van der Waals surface area contributed by atoms with Crippen LogP contribution in [0, 0.1) is 13.8 Å². The molecular weight excluding hydrogens is 367 g/mol. The Morgan fingerprint density at radius 1 is 1.12 bits per heavy atom. The minimum atomic E-state index is 0.424. The van der Waals surface area contributed by atoms with Gasteiger partial charge in [0.1, 0.15) is 5.15 Å². The van der Waals surface area contributed by atoms with Gasteiger partial charge in [0, 0.05) is 16.2 Å². The van der Waals surface area contributed by atoms with Gasteiger partial charge in [-0.25, -0.2) is 9.97 Å². The third-order valence-corrected chi connectivity index (χ3v) is 4.74. The fourth-order valence-electron chi connectivity index (χ4n) is 1.56. The molecule has 5 heteroatoms. The normalized spacial score (nSPS) is 10.6. The van der Waals surface area contributed by atoms with Crippen LogP contribution in [-0.2, 0) is 0 Å². The number of aryl methyl sites for hydroxylation is 2. The number of aromatic nitrogens is 2. The molecule has 0 aliphatic heterocycles. The minimum absolute atomic E-state index is 0.424. The van der Waals surface area contributed by atoms with E-state index in [9.17, 15) is 0 Å². The van der Waals surface area contributed by atoms with E-state index in [0.29, 0.717) is 15.5 Å². The second-order valence-electron chi connectivity index (χ2n) is 3.76. The SMILES string of the molecule is Cc1cc(-c2ncc(Br)c(Cl)n2)cc(C)c1Br. The Morgan fingerprint density at radius 2 is 1.71 bits per heavy atom. The second kappa shape index (κ2) is 5.04. The fraction of sp³-hybridized carbons (Fsp3) is 0.167. The summed E-state index contributed by atoms with van der Waals surface area (Å²) in [7, 11) is 0. The highest BCUT2D eigenvalue weighted by atomic mass is 79.9. The second-order valence-corrected chi connectivity index (χ2v) is 5.76. The monoisotopic (exact) mass is 374 g/mol. The van der Waals surface area contributed by atoms with Crippen LogP contribution in [0.3, 0.4) is 0 Å². The van der Waals surface area contributed by atoms with E-state index in [2.05, 4.69) is 41.8 Å². The van der Waals surface area contributed by atoms with Crippen LogP contribution in [-0.4, -0.2) is 9.97 Å². The van der Waals surface area contributed by atoms with E-state index in [1.807, 2.05) is 26.0 Å². The number of halogens is 3. The van der Waals surface area contributed by atoms with Crippen molar-refractivity contribution in [1.82, 2.24) is 9.97 Å². The lowest BCUT2D eigenvalue weighted by molar-refractivity contribution is 1.15. The molecule has 2 rings (SSSR count). The standard InChI is InChI=1S/C12H9Br2ClN2/c1-6-3-8(4-7(2)10(6)14)12-16-5-9(13)11(15)17-12/h3-5H,1-2H3. The molecule has 1 aromatic heterocycles. The van der Waals surface area contributed by atoms with E-state index in [1.165, 1.54) is 0 Å². The van der Waals surface area contributed by atoms with Crippen molar-refractivity contribution in [2.75, 3.05) is 0 Å². The zero-order valence-electron chi connectivity index (χ0n) is 9.26. The maximum Gasteiger partial charge on any atom is 0.160 e. The van der Waals surface area contributed by atoms with Gasteiger partial charge in [-0.2, -0.15) is 0 Å². The summed E-state index contributed by atoms with van der Waals surface area (Å²) in [6.45, 7) is 4.09. The number of benzene rings is 1. The van der Waals surface area contributed by atoms with Gasteiger partial charge in [-0.3, -0.25) is 0 Å². The molecule has 0 spiro atoms. The van der Waals surface area contributed by atoms with E-state index in [1.54, 1.807) is 6.20 Å². The van der Waals surface area contributed by atoms with Crippen molar-refractivity contribution < 1.29 is 0 Å². The first kappa shape index (κ1) is 13.0. The van der Waals surface area contributed by atoms with Crippen LogP contribution in [0.2, 0.25) is 5.15 Å². The van der Waals surface area contributed by atoms with Crippen molar-refractivity contribution in [3.63, 3.8) is 0 Å². The summed E-state index contributed by atoms with van der Waals surface area (Å²) in [5.74, 6) is 0.636. The Balaban J connectivity index is 2.57. The van der Waals surface area contributed by atoms with Crippen LogP contribution < -0.4 is 0 Å². The fourth-order valence-corrected chi connectivity index (χ4v) is 2.11. The van der Waals surface area contributed by atoms with Crippen molar-refractivity contribution in [3.05, 3.63) is 43.6 Å². The molecule has 0 atom stereocenters. The first-order valence-corrected chi connectivity index (χ1v) is 6.90. The van der Waals surface area contributed by atoms with Crippen LogP contribution >= 0.6 is 43.5 Å². The number of nitrogens with zero attached hydrogens (tertiary/aromatic N) is 2. The van der Waals surface area contributed by atoms with Crippen LogP contribution in [0.1, 0.15) is 11.1 Å². The molecule has 0 aliphatic rings. The van der Waals surface area contributed by atoms with Gasteiger partial charge >= 0.3 is 0 Å². The van der Waals surface area contributed by atoms with Gasteiger partial charge in [-0.15, -0.1) is 0 Å². The maximum absolute atomic E-state index is 5.97. The van der Waals surface area contributed by atoms with Crippen molar-refractivity contribution in [2.24, 2.45) is 0 Å². The van der Waals surface area contributed by atoms with Gasteiger partial charge in [0.05, 0.1) is 4.47 Å². The molecule has 0 amide bonds. The Hall–Kier alpha value is -0.450. The van der Waals surface area contributed by atoms with Gasteiger partial charge < -0.3 is 0 Å². The zero-order valence-corrected chi connectivity index (χ0v) is 13.2. The number of rotatable bonds is 1. The number of hydrogen-bond donors (Lipinski definition) is 0.